The number of hydrogen-bond donors (Lipinski definition) is 1. The number of aliphatic imine (C=N–C) groups is 1. The predicted octanol–water partition coefficient (Wildman–Crippen LogP) is 6.33. The summed E-state index contributed by atoms with van der Waals surface area (Å²) in [6.45, 7) is 13.7. The third-order valence-electron chi connectivity index (χ3n) is 5.01. The fourth-order valence-electron chi connectivity index (χ4n) is 2.83. The van der Waals surface area contributed by atoms with Crippen molar-refractivity contribution in [3.8, 4) is 5.75 Å². The number of rotatable bonds is 7. The van der Waals surface area contributed by atoms with Gasteiger partial charge < -0.3 is 9.84 Å². The van der Waals surface area contributed by atoms with Crippen LogP contribution in [0.15, 0.2) is 17.1 Å². The van der Waals surface area contributed by atoms with Crippen molar-refractivity contribution in [3.05, 3.63) is 17.7 Å². The number of benzene rings is 1. The van der Waals surface area contributed by atoms with Gasteiger partial charge in [-0.1, -0.05) is 46.5 Å². The van der Waals surface area contributed by atoms with Crippen LogP contribution in [0, 0.1) is 12.8 Å². The van der Waals surface area contributed by atoms with Crippen LogP contribution < -0.4 is 10.0 Å². The molecule has 1 unspecified atom stereocenters. The standard InChI is InChI=1S/C13H20NOP.C7H14O2.C5H10/c1-5-6-9(2)14-11-7-8-12(15-4)13(16)10(11)3;1-4-6(8)5-7(2,3)9;1-5-3-2-4-5/h7-8H,5-6,16H2,1-4H3;9H,4-5H2,1-3H3;5H,2-4H2,1H3. The van der Waals surface area contributed by atoms with Crippen LogP contribution in [0.2, 0.25) is 0 Å². The summed E-state index contributed by atoms with van der Waals surface area (Å²) in [7, 11) is 4.41. The van der Waals surface area contributed by atoms with E-state index in [4.69, 9.17) is 9.84 Å². The van der Waals surface area contributed by atoms with Crippen molar-refractivity contribution in [2.75, 3.05) is 7.11 Å². The zero-order chi connectivity index (χ0) is 23.3. The molecule has 4 nitrogen and oxygen atoms in total. The smallest absolute Gasteiger partial charge is 0.135 e. The number of ether oxygens (including phenoxy) is 1. The predicted molar refractivity (Wildman–Crippen MR) is 134 cm³/mol. The van der Waals surface area contributed by atoms with Gasteiger partial charge >= 0.3 is 0 Å². The Morgan fingerprint density at radius 1 is 1.30 bits per heavy atom. The molecule has 30 heavy (non-hydrogen) atoms. The average molecular weight is 438 g/mol. The number of carbonyl (C=O) groups is 1. The molecular formula is C25H44NO3P. The van der Waals surface area contributed by atoms with E-state index >= 15 is 0 Å². The highest BCUT2D eigenvalue weighted by Gasteiger charge is 2.15. The highest BCUT2D eigenvalue weighted by molar-refractivity contribution is 7.28. The normalized spacial score (nSPS) is 14.0. The van der Waals surface area contributed by atoms with Crippen molar-refractivity contribution in [1.82, 2.24) is 0 Å². The van der Waals surface area contributed by atoms with Gasteiger partial charge in [0.25, 0.3) is 0 Å². The summed E-state index contributed by atoms with van der Waals surface area (Å²) in [5.74, 6) is 2.08. The third kappa shape index (κ3) is 12.4. The van der Waals surface area contributed by atoms with Crippen molar-refractivity contribution in [3.63, 3.8) is 0 Å². The molecule has 0 amide bonds. The van der Waals surface area contributed by atoms with E-state index in [0.29, 0.717) is 6.42 Å². The molecule has 0 aliphatic heterocycles. The van der Waals surface area contributed by atoms with Gasteiger partial charge in [-0.15, -0.1) is 9.24 Å². The number of hydrogen-bond acceptors (Lipinski definition) is 4. The summed E-state index contributed by atoms with van der Waals surface area (Å²) >= 11 is 0. The Balaban J connectivity index is 0.000000500. The fraction of sp³-hybridized carbons (Fsp3) is 0.680. The second-order valence-corrected chi connectivity index (χ2v) is 9.42. The topological polar surface area (TPSA) is 58.9 Å². The average Bonchev–Trinajstić information content (AvgIpc) is 2.64. The minimum atomic E-state index is -0.826. The monoisotopic (exact) mass is 437 g/mol. The molecule has 0 saturated heterocycles. The van der Waals surface area contributed by atoms with Crippen molar-refractivity contribution >= 4 is 31.7 Å². The number of methoxy groups -OCH3 is 1. The number of aliphatic hydroxyl groups is 1. The summed E-state index contributed by atoms with van der Waals surface area (Å²) < 4.78 is 5.26. The van der Waals surface area contributed by atoms with Gasteiger partial charge in [0.1, 0.15) is 11.5 Å². The zero-order valence-corrected chi connectivity index (χ0v) is 21.6. The van der Waals surface area contributed by atoms with Crippen molar-refractivity contribution < 1.29 is 14.6 Å². The minimum absolute atomic E-state index is 0.113. The lowest BCUT2D eigenvalue weighted by Crippen LogP contribution is -2.22. The van der Waals surface area contributed by atoms with Gasteiger partial charge in [-0.25, -0.2) is 0 Å². The molecule has 0 bridgehead atoms. The first kappa shape index (κ1) is 28.8. The van der Waals surface area contributed by atoms with Crippen LogP contribution in [0.25, 0.3) is 0 Å². The maximum Gasteiger partial charge on any atom is 0.135 e. The Morgan fingerprint density at radius 2 is 1.87 bits per heavy atom. The first-order valence-corrected chi connectivity index (χ1v) is 11.7. The first-order chi connectivity index (χ1) is 13.9. The van der Waals surface area contributed by atoms with Crippen LogP contribution in [-0.4, -0.2) is 29.3 Å². The van der Waals surface area contributed by atoms with Crippen LogP contribution in [-0.2, 0) is 4.79 Å². The van der Waals surface area contributed by atoms with E-state index in [9.17, 15) is 4.79 Å². The summed E-state index contributed by atoms with van der Waals surface area (Å²) in [5, 5.41) is 10.2. The molecule has 0 heterocycles. The van der Waals surface area contributed by atoms with Gasteiger partial charge in [-0.05, 0) is 57.7 Å². The van der Waals surface area contributed by atoms with E-state index in [1.54, 1.807) is 27.9 Å². The van der Waals surface area contributed by atoms with E-state index in [1.807, 2.05) is 12.1 Å². The van der Waals surface area contributed by atoms with E-state index in [-0.39, 0.29) is 12.2 Å². The Hall–Kier alpha value is -1.25. The molecular weight excluding hydrogens is 393 g/mol. The van der Waals surface area contributed by atoms with Crippen molar-refractivity contribution in [1.29, 1.82) is 0 Å². The Labute approximate surface area is 187 Å². The molecule has 1 N–H and O–H groups in total. The summed E-state index contributed by atoms with van der Waals surface area (Å²) in [4.78, 5) is 15.3. The van der Waals surface area contributed by atoms with Crippen LogP contribution in [0.1, 0.15) is 92.1 Å². The van der Waals surface area contributed by atoms with Gasteiger partial charge in [-0.3, -0.25) is 9.79 Å². The Kier molecular flexibility index (Phi) is 14.1. The van der Waals surface area contributed by atoms with E-state index < -0.39 is 5.60 Å². The Morgan fingerprint density at radius 3 is 2.20 bits per heavy atom. The number of carbonyl (C=O) groups excluding carboxylic acids is 1. The lowest BCUT2D eigenvalue weighted by molar-refractivity contribution is -0.122. The molecule has 1 aromatic carbocycles. The van der Waals surface area contributed by atoms with Crippen LogP contribution in [0.5, 0.6) is 5.75 Å². The van der Waals surface area contributed by atoms with Crippen LogP contribution in [0.3, 0.4) is 0 Å². The molecule has 5 heteroatoms. The van der Waals surface area contributed by atoms with Crippen LogP contribution in [0.4, 0.5) is 5.69 Å². The first-order valence-electron chi connectivity index (χ1n) is 11.2. The molecule has 0 radical (unpaired) electrons. The number of ketones is 1. The highest BCUT2D eigenvalue weighted by atomic mass is 31.0. The molecule has 0 aromatic heterocycles. The lowest BCUT2D eigenvalue weighted by atomic mass is 9.88. The molecule has 1 atom stereocenters. The second kappa shape index (κ2) is 14.7. The van der Waals surface area contributed by atoms with Gasteiger partial charge in [-0.2, -0.15) is 0 Å². The van der Waals surface area contributed by atoms with Gasteiger partial charge in [0.15, 0.2) is 0 Å². The largest absolute Gasteiger partial charge is 0.496 e. The van der Waals surface area contributed by atoms with Crippen LogP contribution >= 0.6 is 9.24 Å². The molecule has 0 spiro atoms. The fourth-order valence-corrected chi connectivity index (χ4v) is 3.20. The second-order valence-electron chi connectivity index (χ2n) is 8.84. The van der Waals surface area contributed by atoms with Gasteiger partial charge in [0.2, 0.25) is 0 Å². The molecule has 172 valence electrons. The quantitative estimate of drug-likeness (QED) is 0.400. The molecule has 2 rings (SSSR count). The van der Waals surface area contributed by atoms with E-state index in [1.165, 1.54) is 30.5 Å². The van der Waals surface area contributed by atoms with Crippen molar-refractivity contribution in [2.45, 2.75) is 99.0 Å². The van der Waals surface area contributed by atoms with Gasteiger partial charge in [0, 0.05) is 23.9 Å². The Bertz CT molecular complexity index is 674. The molecule has 1 aliphatic carbocycles. The lowest BCUT2D eigenvalue weighted by Gasteiger charge is -2.18. The highest BCUT2D eigenvalue weighted by Crippen LogP contribution is 2.25. The van der Waals surface area contributed by atoms with E-state index in [0.717, 1.165) is 35.5 Å². The minimum Gasteiger partial charge on any atom is -0.496 e. The summed E-state index contributed by atoms with van der Waals surface area (Å²) in [5.41, 5.74) is 2.56. The van der Waals surface area contributed by atoms with E-state index in [2.05, 4.69) is 41.9 Å². The van der Waals surface area contributed by atoms with Crippen molar-refractivity contribution in [2.24, 2.45) is 10.9 Å². The maximum atomic E-state index is 10.7. The summed E-state index contributed by atoms with van der Waals surface area (Å²) in [6.07, 6.45) is 7.44. The molecule has 1 saturated carbocycles. The summed E-state index contributed by atoms with van der Waals surface area (Å²) in [6, 6.07) is 3.98. The SMILES string of the molecule is CC1CCC1.CCC(=O)CC(C)(C)O.CCCC(C)=Nc1ccc(OC)c(P)c1C. The number of nitrogens with zero attached hydrogens (tertiary/aromatic N) is 1. The molecule has 1 aromatic rings. The zero-order valence-electron chi connectivity index (χ0n) is 20.5. The molecule has 1 aliphatic rings. The number of Topliss-reactive ketones (excluding diaryl/α,β-unsaturated/α-hetero) is 1. The van der Waals surface area contributed by atoms with Gasteiger partial charge in [0.05, 0.1) is 18.4 Å². The maximum absolute atomic E-state index is 10.7. The third-order valence-corrected chi connectivity index (χ3v) is 5.72. The molecule has 1 fully saturated rings.